The molecule has 8 heteroatoms. The molecule has 5 rings (SSSR count). The van der Waals surface area contributed by atoms with Gasteiger partial charge >= 0.3 is 0 Å². The van der Waals surface area contributed by atoms with Crippen LogP contribution in [-0.2, 0) is 16.6 Å². The van der Waals surface area contributed by atoms with Crippen molar-refractivity contribution in [2.45, 2.75) is 11.4 Å². The van der Waals surface area contributed by atoms with Crippen molar-refractivity contribution in [1.82, 2.24) is 4.72 Å². The Kier molecular flexibility index (Phi) is 4.18. The van der Waals surface area contributed by atoms with Gasteiger partial charge < -0.3 is 10.2 Å². The van der Waals surface area contributed by atoms with Gasteiger partial charge in [0.25, 0.3) is 10.0 Å². The Morgan fingerprint density at radius 1 is 1.00 bits per heavy atom. The van der Waals surface area contributed by atoms with Crippen molar-refractivity contribution in [3.63, 3.8) is 0 Å². The van der Waals surface area contributed by atoms with Gasteiger partial charge in [0.2, 0.25) is 0 Å². The number of carbonyl (C=O) groups is 1. The average Bonchev–Trinajstić information content (AvgIpc) is 3.21. The van der Waals surface area contributed by atoms with Crippen LogP contribution in [0.15, 0.2) is 81.6 Å². The zero-order valence-electron chi connectivity index (χ0n) is 15.3. The summed E-state index contributed by atoms with van der Waals surface area (Å²) in [6, 6.07) is 16.6. The van der Waals surface area contributed by atoms with Crippen molar-refractivity contribution in [2.24, 2.45) is 0 Å². The zero-order valence-corrected chi connectivity index (χ0v) is 16.9. The largest absolute Gasteiger partial charge is 0.361 e. The summed E-state index contributed by atoms with van der Waals surface area (Å²) < 4.78 is 27.9. The Bertz CT molecular complexity index is 1250. The Hall–Kier alpha value is -3.10. The second-order valence-corrected chi connectivity index (χ2v) is 9.32. The van der Waals surface area contributed by atoms with Crippen molar-refractivity contribution < 1.29 is 13.2 Å². The number of nitrogens with zero attached hydrogens (tertiary/aromatic N) is 1. The fourth-order valence-electron chi connectivity index (χ4n) is 3.64. The van der Waals surface area contributed by atoms with Gasteiger partial charge in [-0.05, 0) is 17.7 Å². The number of rotatable bonds is 2. The average molecular weight is 424 g/mol. The second-order valence-electron chi connectivity index (χ2n) is 6.92. The maximum absolute atomic E-state index is 13.1. The highest BCUT2D eigenvalue weighted by Gasteiger charge is 2.34. The number of sulfonamides is 1. The molecule has 29 heavy (non-hydrogen) atoms. The minimum Gasteiger partial charge on any atom is -0.361 e. The Morgan fingerprint density at radius 3 is 2.59 bits per heavy atom. The summed E-state index contributed by atoms with van der Waals surface area (Å²) in [5.41, 5.74) is 3.47. The molecule has 0 spiro atoms. The molecular weight excluding hydrogens is 406 g/mol. The van der Waals surface area contributed by atoms with E-state index in [1.807, 2.05) is 41.1 Å². The van der Waals surface area contributed by atoms with Crippen molar-refractivity contribution >= 4 is 38.5 Å². The molecule has 6 nitrogen and oxygen atoms in total. The molecule has 146 valence electrons. The Morgan fingerprint density at radius 2 is 1.76 bits per heavy atom. The number of hydrogen-bond donors (Lipinski definition) is 2. The van der Waals surface area contributed by atoms with E-state index < -0.39 is 10.0 Å². The van der Waals surface area contributed by atoms with Gasteiger partial charge in [0.1, 0.15) is 10.7 Å². The molecule has 3 aromatic rings. The molecule has 0 saturated heterocycles. The molecule has 0 amide bonds. The molecule has 2 N–H and O–H groups in total. The number of thiophene rings is 1. The number of nitrogens with one attached hydrogen (secondary N) is 2. The first-order valence-electron chi connectivity index (χ1n) is 9.05. The molecule has 0 aliphatic carbocycles. The molecular formula is C21H17N3O3S2. The van der Waals surface area contributed by atoms with Crippen LogP contribution in [0.3, 0.4) is 0 Å². The van der Waals surface area contributed by atoms with Crippen LogP contribution >= 0.6 is 11.3 Å². The summed E-state index contributed by atoms with van der Waals surface area (Å²) in [6.07, 6.45) is 0. The van der Waals surface area contributed by atoms with Crippen LogP contribution in [-0.4, -0.2) is 20.7 Å². The highest BCUT2D eigenvalue weighted by Crippen LogP contribution is 2.36. The molecule has 0 radical (unpaired) electrons. The smallest absolute Gasteiger partial charge is 0.265 e. The summed E-state index contributed by atoms with van der Waals surface area (Å²) in [4.78, 5) is 15.4. The molecule has 2 aliphatic rings. The van der Waals surface area contributed by atoms with Gasteiger partial charge in [0, 0.05) is 17.3 Å². The number of Topliss-reactive ketones (excluding diaryl/α,β-unsaturated/α-hetero) is 1. The van der Waals surface area contributed by atoms with Gasteiger partial charge in [0.05, 0.1) is 29.1 Å². The van der Waals surface area contributed by atoms with Crippen LogP contribution in [0, 0.1) is 0 Å². The van der Waals surface area contributed by atoms with E-state index in [1.165, 1.54) is 17.4 Å². The van der Waals surface area contributed by atoms with Gasteiger partial charge in [-0.25, -0.2) is 8.42 Å². The lowest BCUT2D eigenvalue weighted by atomic mass is 9.98. The SMILES string of the molecule is O=C1C(=C2Nc3ccccc3S(=O)(=O)N2)CN(Cc2ccccc2)c2cscc21. The maximum Gasteiger partial charge on any atom is 0.265 e. The van der Waals surface area contributed by atoms with Gasteiger partial charge in [-0.15, -0.1) is 11.3 Å². The van der Waals surface area contributed by atoms with Crippen LogP contribution < -0.4 is 14.9 Å². The van der Waals surface area contributed by atoms with Crippen molar-refractivity contribution in [1.29, 1.82) is 0 Å². The van der Waals surface area contributed by atoms with Gasteiger partial charge in [-0.2, -0.15) is 0 Å². The minimum atomic E-state index is -3.74. The van der Waals surface area contributed by atoms with Crippen LogP contribution in [0.5, 0.6) is 0 Å². The normalized spacial score (nSPS) is 19.7. The van der Waals surface area contributed by atoms with E-state index >= 15 is 0 Å². The summed E-state index contributed by atoms with van der Waals surface area (Å²) >= 11 is 1.47. The number of anilines is 2. The van der Waals surface area contributed by atoms with Crippen molar-refractivity contribution in [2.75, 3.05) is 16.8 Å². The van der Waals surface area contributed by atoms with Gasteiger partial charge in [-0.3, -0.25) is 9.52 Å². The fourth-order valence-corrected chi connectivity index (χ4v) is 5.70. The first-order chi connectivity index (χ1) is 14.0. The van der Waals surface area contributed by atoms with Crippen molar-refractivity contribution in [3.8, 4) is 0 Å². The van der Waals surface area contributed by atoms with Crippen molar-refractivity contribution in [3.05, 3.63) is 87.9 Å². The summed E-state index contributed by atoms with van der Waals surface area (Å²) in [5.74, 6) is 0.0683. The Labute approximate surface area is 172 Å². The fraction of sp³-hybridized carbons (Fsp3) is 0.0952. The number of para-hydroxylation sites is 1. The molecule has 0 bridgehead atoms. The number of ketones is 1. The molecule has 2 aromatic carbocycles. The van der Waals surface area contributed by atoms with E-state index in [-0.39, 0.29) is 16.5 Å². The van der Waals surface area contributed by atoms with Gasteiger partial charge in [0.15, 0.2) is 5.78 Å². The van der Waals surface area contributed by atoms with Gasteiger partial charge in [-0.1, -0.05) is 42.5 Å². The van der Waals surface area contributed by atoms with Crippen LogP contribution in [0.4, 0.5) is 11.4 Å². The highest BCUT2D eigenvalue weighted by atomic mass is 32.2. The highest BCUT2D eigenvalue weighted by molar-refractivity contribution is 7.89. The van der Waals surface area contributed by atoms with Crippen LogP contribution in [0.1, 0.15) is 15.9 Å². The third kappa shape index (κ3) is 3.10. The number of fused-ring (bicyclic) bond motifs is 2. The molecule has 3 heterocycles. The maximum atomic E-state index is 13.1. The third-order valence-electron chi connectivity index (χ3n) is 5.04. The van der Waals surface area contributed by atoms with Crippen LogP contribution in [0.2, 0.25) is 0 Å². The minimum absolute atomic E-state index is 0.157. The topological polar surface area (TPSA) is 78.5 Å². The van der Waals surface area contributed by atoms with E-state index in [0.717, 1.165) is 11.3 Å². The standard InChI is InChI=1S/C21H17N3O3S2/c25-20-15(21-22-17-8-4-5-9-19(17)29(26,27)23-21)11-24(18-13-28-12-16(18)20)10-14-6-2-1-3-7-14/h1-9,12-13,22-23H,10-11H2. The molecule has 0 fully saturated rings. The quantitative estimate of drug-likeness (QED) is 0.616. The lowest BCUT2D eigenvalue weighted by Crippen LogP contribution is -2.40. The summed E-state index contributed by atoms with van der Waals surface area (Å²) in [7, 11) is -3.74. The lowest BCUT2D eigenvalue weighted by Gasteiger charge is -2.33. The predicted molar refractivity (Wildman–Crippen MR) is 114 cm³/mol. The monoisotopic (exact) mass is 423 g/mol. The molecule has 1 aromatic heterocycles. The van der Waals surface area contributed by atoms with E-state index in [1.54, 1.807) is 18.2 Å². The lowest BCUT2D eigenvalue weighted by molar-refractivity contribution is 0.102. The first kappa shape index (κ1) is 18.0. The number of hydrogen-bond acceptors (Lipinski definition) is 6. The Balaban J connectivity index is 1.58. The second kappa shape index (κ2) is 6.75. The van der Waals surface area contributed by atoms with E-state index in [4.69, 9.17) is 0 Å². The molecule has 2 aliphatic heterocycles. The van der Waals surface area contributed by atoms with E-state index in [2.05, 4.69) is 14.9 Å². The predicted octanol–water partition coefficient (Wildman–Crippen LogP) is 3.57. The number of carbonyl (C=O) groups excluding carboxylic acids is 1. The first-order valence-corrected chi connectivity index (χ1v) is 11.5. The third-order valence-corrected chi connectivity index (χ3v) is 7.18. The van der Waals surface area contributed by atoms with Crippen LogP contribution in [0.25, 0.3) is 0 Å². The van der Waals surface area contributed by atoms with E-state index in [9.17, 15) is 13.2 Å². The summed E-state index contributed by atoms with van der Waals surface area (Å²) in [5, 5.41) is 6.89. The molecule has 0 atom stereocenters. The summed E-state index contributed by atoms with van der Waals surface area (Å²) in [6.45, 7) is 0.933. The molecule has 0 saturated carbocycles. The van der Waals surface area contributed by atoms with E-state index in [0.29, 0.717) is 29.9 Å². The number of benzene rings is 2. The zero-order chi connectivity index (χ0) is 20.0. The molecule has 0 unspecified atom stereocenters.